The summed E-state index contributed by atoms with van der Waals surface area (Å²) in [6, 6.07) is 8.04. The number of alkyl halides is 1. The molecule has 1 atom stereocenters. The van der Waals surface area contributed by atoms with Crippen LogP contribution in [0.5, 0.6) is 0 Å². The van der Waals surface area contributed by atoms with Crippen LogP contribution >= 0.6 is 11.6 Å². The molecule has 0 bridgehead atoms. The molecule has 0 saturated carbocycles. The van der Waals surface area contributed by atoms with Gasteiger partial charge in [-0.25, -0.2) is 0 Å². The number of hydrogen-bond donors (Lipinski definition) is 1. The van der Waals surface area contributed by atoms with Gasteiger partial charge >= 0.3 is 0 Å². The first-order valence-corrected chi connectivity index (χ1v) is 4.16. The van der Waals surface area contributed by atoms with Crippen molar-refractivity contribution >= 4 is 11.6 Å². The van der Waals surface area contributed by atoms with Crippen molar-refractivity contribution in [2.45, 2.75) is 18.8 Å². The zero-order chi connectivity index (χ0) is 8.27. The van der Waals surface area contributed by atoms with Crippen molar-refractivity contribution in [3.8, 4) is 0 Å². The number of benzene rings is 1. The van der Waals surface area contributed by atoms with Crippen LogP contribution in [-0.4, -0.2) is 0 Å². The van der Waals surface area contributed by atoms with Gasteiger partial charge in [0.2, 0.25) is 0 Å². The second-order valence-corrected chi connectivity index (χ2v) is 2.97. The van der Waals surface area contributed by atoms with Crippen molar-refractivity contribution < 1.29 is 0 Å². The highest BCUT2D eigenvalue weighted by Crippen LogP contribution is 2.14. The van der Waals surface area contributed by atoms with Gasteiger partial charge in [0.05, 0.1) is 0 Å². The fraction of sp³-hybridized carbons (Fsp3) is 0.333. The van der Waals surface area contributed by atoms with Crippen molar-refractivity contribution in [2.24, 2.45) is 5.73 Å². The van der Waals surface area contributed by atoms with E-state index in [0.717, 1.165) is 12.0 Å². The molecule has 0 amide bonds. The Hall–Kier alpha value is -0.530. The SMILES string of the molecule is CCc1ccc(C(N)Cl)cc1. The van der Waals surface area contributed by atoms with Gasteiger partial charge in [-0.3, -0.25) is 0 Å². The highest BCUT2D eigenvalue weighted by atomic mass is 35.5. The molecule has 1 aromatic rings. The van der Waals surface area contributed by atoms with E-state index in [0.29, 0.717) is 0 Å². The first kappa shape index (κ1) is 8.57. The first-order chi connectivity index (χ1) is 5.24. The molecule has 0 spiro atoms. The molecule has 11 heavy (non-hydrogen) atoms. The number of aryl methyl sites for hydroxylation is 1. The van der Waals surface area contributed by atoms with E-state index in [4.69, 9.17) is 17.3 Å². The van der Waals surface area contributed by atoms with Gasteiger partial charge in [-0.05, 0) is 17.5 Å². The molecule has 0 aliphatic carbocycles. The van der Waals surface area contributed by atoms with Crippen molar-refractivity contribution in [1.82, 2.24) is 0 Å². The van der Waals surface area contributed by atoms with Gasteiger partial charge in [0.15, 0.2) is 0 Å². The second kappa shape index (κ2) is 3.74. The molecular weight excluding hydrogens is 158 g/mol. The van der Waals surface area contributed by atoms with Crippen LogP contribution in [0.4, 0.5) is 0 Å². The van der Waals surface area contributed by atoms with Gasteiger partial charge in [0.25, 0.3) is 0 Å². The molecule has 2 N–H and O–H groups in total. The minimum absolute atomic E-state index is 0.374. The van der Waals surface area contributed by atoms with Crippen molar-refractivity contribution in [2.75, 3.05) is 0 Å². The van der Waals surface area contributed by atoms with Crippen LogP contribution in [0.15, 0.2) is 24.3 Å². The van der Waals surface area contributed by atoms with E-state index in [9.17, 15) is 0 Å². The maximum atomic E-state index is 5.68. The summed E-state index contributed by atoms with van der Waals surface area (Å²) in [5.74, 6) is 0. The quantitative estimate of drug-likeness (QED) is 0.534. The predicted molar refractivity (Wildman–Crippen MR) is 48.6 cm³/mol. The Labute approximate surface area is 72.2 Å². The molecular formula is C9H12ClN. The van der Waals surface area contributed by atoms with Gasteiger partial charge < -0.3 is 5.73 Å². The Kier molecular flexibility index (Phi) is 2.92. The molecule has 1 nitrogen and oxygen atoms in total. The third-order valence-corrected chi connectivity index (χ3v) is 1.96. The topological polar surface area (TPSA) is 26.0 Å². The Morgan fingerprint density at radius 3 is 2.27 bits per heavy atom. The average Bonchev–Trinajstić information content (AvgIpc) is 2.05. The Balaban J connectivity index is 2.83. The molecule has 0 fully saturated rings. The summed E-state index contributed by atoms with van der Waals surface area (Å²) in [4.78, 5) is 0. The van der Waals surface area contributed by atoms with Crippen LogP contribution in [0.2, 0.25) is 0 Å². The summed E-state index contributed by atoms with van der Waals surface area (Å²) in [5.41, 5.74) is 7.38. The Bertz CT molecular complexity index is 216. The van der Waals surface area contributed by atoms with Crippen molar-refractivity contribution in [1.29, 1.82) is 0 Å². The van der Waals surface area contributed by atoms with E-state index in [1.165, 1.54) is 5.56 Å². The van der Waals surface area contributed by atoms with E-state index in [-0.39, 0.29) is 5.50 Å². The molecule has 1 rings (SSSR count). The maximum absolute atomic E-state index is 5.68. The highest BCUT2D eigenvalue weighted by molar-refractivity contribution is 6.20. The molecule has 0 aliphatic rings. The van der Waals surface area contributed by atoms with Gasteiger partial charge in [-0.15, -0.1) is 11.6 Å². The Morgan fingerprint density at radius 2 is 1.91 bits per heavy atom. The second-order valence-electron chi connectivity index (χ2n) is 2.50. The number of hydrogen-bond acceptors (Lipinski definition) is 1. The zero-order valence-corrected chi connectivity index (χ0v) is 7.31. The number of rotatable bonds is 2. The molecule has 0 aliphatic heterocycles. The van der Waals surface area contributed by atoms with E-state index >= 15 is 0 Å². The van der Waals surface area contributed by atoms with Crippen LogP contribution in [0.25, 0.3) is 0 Å². The Morgan fingerprint density at radius 1 is 1.36 bits per heavy atom. The van der Waals surface area contributed by atoms with E-state index < -0.39 is 0 Å². The normalized spacial score (nSPS) is 13.0. The first-order valence-electron chi connectivity index (χ1n) is 3.72. The summed E-state index contributed by atoms with van der Waals surface area (Å²) in [7, 11) is 0. The summed E-state index contributed by atoms with van der Waals surface area (Å²) in [6.07, 6.45) is 1.05. The largest absolute Gasteiger partial charge is 0.312 e. The lowest BCUT2D eigenvalue weighted by atomic mass is 10.1. The smallest absolute Gasteiger partial charge is 0.106 e. The lowest BCUT2D eigenvalue weighted by Gasteiger charge is -2.03. The molecule has 0 saturated heterocycles. The standard InChI is InChI=1S/C9H12ClN/c1-2-7-3-5-8(6-4-7)9(10)11/h3-6,9H,2,11H2,1H3. The minimum Gasteiger partial charge on any atom is -0.312 e. The molecule has 1 unspecified atom stereocenters. The maximum Gasteiger partial charge on any atom is 0.106 e. The van der Waals surface area contributed by atoms with E-state index in [1.54, 1.807) is 0 Å². The summed E-state index contributed by atoms with van der Waals surface area (Å²) in [6.45, 7) is 2.12. The minimum atomic E-state index is -0.374. The van der Waals surface area contributed by atoms with Gasteiger partial charge in [-0.2, -0.15) is 0 Å². The third-order valence-electron chi connectivity index (χ3n) is 1.71. The lowest BCUT2D eigenvalue weighted by molar-refractivity contribution is 1.01. The monoisotopic (exact) mass is 169 g/mol. The summed E-state index contributed by atoms with van der Waals surface area (Å²) < 4.78 is 0. The molecule has 0 aromatic heterocycles. The van der Waals surface area contributed by atoms with Crippen LogP contribution < -0.4 is 5.73 Å². The van der Waals surface area contributed by atoms with Crippen LogP contribution in [-0.2, 0) is 6.42 Å². The zero-order valence-electron chi connectivity index (χ0n) is 6.55. The average molecular weight is 170 g/mol. The molecule has 60 valence electrons. The van der Waals surface area contributed by atoms with Crippen LogP contribution in [0.3, 0.4) is 0 Å². The fourth-order valence-electron chi connectivity index (χ4n) is 0.937. The van der Waals surface area contributed by atoms with Crippen LogP contribution in [0.1, 0.15) is 23.6 Å². The molecule has 1 aromatic carbocycles. The number of nitrogens with two attached hydrogens (primary N) is 1. The van der Waals surface area contributed by atoms with Crippen molar-refractivity contribution in [3.05, 3.63) is 35.4 Å². The predicted octanol–water partition coefficient (Wildman–Crippen LogP) is 2.45. The number of halogens is 1. The van der Waals surface area contributed by atoms with E-state index in [2.05, 4.69) is 19.1 Å². The fourth-order valence-corrected chi connectivity index (χ4v) is 1.08. The molecule has 0 heterocycles. The van der Waals surface area contributed by atoms with Gasteiger partial charge in [0.1, 0.15) is 5.50 Å². The van der Waals surface area contributed by atoms with E-state index in [1.807, 2.05) is 12.1 Å². The van der Waals surface area contributed by atoms with Crippen LogP contribution in [0, 0.1) is 0 Å². The van der Waals surface area contributed by atoms with Gasteiger partial charge in [0, 0.05) is 0 Å². The third kappa shape index (κ3) is 2.21. The summed E-state index contributed by atoms with van der Waals surface area (Å²) >= 11 is 5.68. The lowest BCUT2D eigenvalue weighted by Crippen LogP contribution is -2.01. The molecule has 0 radical (unpaired) electrons. The molecule has 2 heteroatoms. The highest BCUT2D eigenvalue weighted by Gasteiger charge is 1.98. The van der Waals surface area contributed by atoms with Gasteiger partial charge in [-0.1, -0.05) is 31.2 Å². The van der Waals surface area contributed by atoms with Crippen molar-refractivity contribution in [3.63, 3.8) is 0 Å². The summed E-state index contributed by atoms with van der Waals surface area (Å²) in [5, 5.41) is 0.